The molecule has 1 aromatic carbocycles. The lowest BCUT2D eigenvalue weighted by Crippen LogP contribution is -2.03. The lowest BCUT2D eigenvalue weighted by atomic mass is 10.00. The average Bonchev–Trinajstić information content (AvgIpc) is 2.18. The summed E-state index contributed by atoms with van der Waals surface area (Å²) in [7, 11) is 0. The summed E-state index contributed by atoms with van der Waals surface area (Å²) in [6.45, 7) is 5.52. The maximum atomic E-state index is 13.1. The Morgan fingerprint density at radius 1 is 1.40 bits per heavy atom. The Kier molecular flexibility index (Phi) is 3.78. The molecule has 0 saturated heterocycles. The van der Waals surface area contributed by atoms with Crippen LogP contribution in [-0.4, -0.2) is 5.78 Å². The van der Waals surface area contributed by atoms with E-state index < -0.39 is 0 Å². The molecule has 0 aliphatic rings. The Morgan fingerprint density at radius 2 is 2.07 bits per heavy atom. The number of hydrogen-bond acceptors (Lipinski definition) is 1. The number of ketones is 1. The molecule has 0 saturated carbocycles. The van der Waals surface area contributed by atoms with E-state index in [1.54, 1.807) is 19.1 Å². The molecule has 0 bridgehead atoms. The Bertz CT molecular complexity index is 385. The van der Waals surface area contributed by atoms with Gasteiger partial charge in [-0.3, -0.25) is 4.79 Å². The molecule has 0 aromatic heterocycles. The number of benzene rings is 1. The van der Waals surface area contributed by atoms with Crippen LogP contribution in [0.25, 0.3) is 0 Å². The third kappa shape index (κ3) is 2.75. The maximum Gasteiger partial charge on any atom is 0.188 e. The molecule has 0 amide bonds. The van der Waals surface area contributed by atoms with Gasteiger partial charge in [0.05, 0.1) is 0 Å². The van der Waals surface area contributed by atoms with Gasteiger partial charge in [0.1, 0.15) is 5.82 Å². The summed E-state index contributed by atoms with van der Waals surface area (Å²) in [5.41, 5.74) is 1.92. The lowest BCUT2D eigenvalue weighted by Gasteiger charge is -2.04. The first-order chi connectivity index (χ1) is 7.08. The van der Waals surface area contributed by atoms with Gasteiger partial charge in [0.2, 0.25) is 0 Å². The van der Waals surface area contributed by atoms with Crippen LogP contribution in [0.2, 0.25) is 0 Å². The Hall–Kier alpha value is -1.44. The van der Waals surface area contributed by atoms with Crippen molar-refractivity contribution < 1.29 is 9.18 Å². The van der Waals surface area contributed by atoms with Gasteiger partial charge in [0.25, 0.3) is 0 Å². The molecule has 0 unspecified atom stereocenters. The van der Waals surface area contributed by atoms with Gasteiger partial charge in [-0.25, -0.2) is 4.39 Å². The first-order valence-electron chi connectivity index (χ1n) is 5.05. The van der Waals surface area contributed by atoms with E-state index in [-0.39, 0.29) is 11.6 Å². The van der Waals surface area contributed by atoms with E-state index in [4.69, 9.17) is 0 Å². The third-order valence-corrected chi connectivity index (χ3v) is 2.33. The Labute approximate surface area is 89.6 Å². The van der Waals surface area contributed by atoms with Gasteiger partial charge in [0, 0.05) is 5.56 Å². The predicted molar refractivity (Wildman–Crippen MR) is 59.5 cm³/mol. The number of hydrogen-bond donors (Lipinski definition) is 0. The highest BCUT2D eigenvalue weighted by atomic mass is 19.1. The van der Waals surface area contributed by atoms with Crippen molar-refractivity contribution in [1.82, 2.24) is 0 Å². The number of Topliss-reactive ketones (excluding diaryl/α,β-unsaturated/α-hetero) is 1. The second-order valence-corrected chi connectivity index (χ2v) is 3.51. The van der Waals surface area contributed by atoms with E-state index in [0.29, 0.717) is 12.0 Å². The van der Waals surface area contributed by atoms with Crippen molar-refractivity contribution in [3.05, 3.63) is 46.8 Å². The average molecular weight is 206 g/mol. The molecule has 1 rings (SSSR count). The summed E-state index contributed by atoms with van der Waals surface area (Å²) in [6.07, 6.45) is 2.45. The van der Waals surface area contributed by atoms with Crippen LogP contribution in [0.4, 0.5) is 4.39 Å². The van der Waals surface area contributed by atoms with Crippen LogP contribution in [0.3, 0.4) is 0 Å². The number of rotatable bonds is 3. The number of halogens is 1. The van der Waals surface area contributed by atoms with Gasteiger partial charge in [-0.2, -0.15) is 0 Å². The Morgan fingerprint density at radius 3 is 2.53 bits per heavy atom. The van der Waals surface area contributed by atoms with Crippen LogP contribution in [-0.2, 0) is 0 Å². The SMILES string of the molecule is C/C=C(/CC)C(=O)c1cc(C)cc(F)c1. The normalized spacial score (nSPS) is 11.6. The van der Waals surface area contributed by atoms with Crippen LogP contribution < -0.4 is 0 Å². The molecular formula is C13H15FO. The molecule has 1 aromatic rings. The van der Waals surface area contributed by atoms with Crippen molar-refractivity contribution in [2.75, 3.05) is 0 Å². The summed E-state index contributed by atoms with van der Waals surface area (Å²) >= 11 is 0. The molecule has 0 N–H and O–H groups in total. The molecule has 0 radical (unpaired) electrons. The van der Waals surface area contributed by atoms with Crippen molar-refractivity contribution >= 4 is 5.78 Å². The monoisotopic (exact) mass is 206 g/mol. The van der Waals surface area contributed by atoms with Gasteiger partial charge in [-0.1, -0.05) is 13.0 Å². The summed E-state index contributed by atoms with van der Waals surface area (Å²) in [5, 5.41) is 0. The molecule has 0 atom stereocenters. The van der Waals surface area contributed by atoms with Crippen molar-refractivity contribution in [2.45, 2.75) is 27.2 Å². The molecule has 0 aliphatic carbocycles. The predicted octanol–water partition coefficient (Wildman–Crippen LogP) is 3.67. The number of allylic oxidation sites excluding steroid dienone is 2. The molecule has 2 heteroatoms. The second-order valence-electron chi connectivity index (χ2n) is 3.51. The zero-order chi connectivity index (χ0) is 11.4. The van der Waals surface area contributed by atoms with Gasteiger partial charge in [-0.05, 0) is 49.6 Å². The van der Waals surface area contributed by atoms with Gasteiger partial charge < -0.3 is 0 Å². The van der Waals surface area contributed by atoms with Gasteiger partial charge in [-0.15, -0.1) is 0 Å². The first kappa shape index (κ1) is 11.6. The molecular weight excluding hydrogens is 191 g/mol. The summed E-state index contributed by atoms with van der Waals surface area (Å²) in [4.78, 5) is 11.9. The zero-order valence-corrected chi connectivity index (χ0v) is 9.30. The quantitative estimate of drug-likeness (QED) is 0.544. The highest BCUT2D eigenvalue weighted by Gasteiger charge is 2.11. The summed E-state index contributed by atoms with van der Waals surface area (Å²) < 4.78 is 13.1. The topological polar surface area (TPSA) is 17.1 Å². The molecule has 80 valence electrons. The van der Waals surface area contributed by atoms with Crippen LogP contribution in [0.1, 0.15) is 36.2 Å². The van der Waals surface area contributed by atoms with E-state index in [0.717, 1.165) is 11.1 Å². The van der Waals surface area contributed by atoms with E-state index in [9.17, 15) is 9.18 Å². The maximum absolute atomic E-state index is 13.1. The highest BCUT2D eigenvalue weighted by molar-refractivity contribution is 6.08. The molecule has 15 heavy (non-hydrogen) atoms. The fourth-order valence-corrected chi connectivity index (χ4v) is 1.55. The zero-order valence-electron chi connectivity index (χ0n) is 9.30. The summed E-state index contributed by atoms with van der Waals surface area (Å²) in [5.74, 6) is -0.437. The fourth-order valence-electron chi connectivity index (χ4n) is 1.55. The molecule has 0 fully saturated rings. The molecule has 1 nitrogen and oxygen atoms in total. The standard InChI is InChI=1S/C13H15FO/c1-4-10(5-2)13(15)11-6-9(3)7-12(14)8-11/h4,6-8H,5H2,1-3H3/b10-4-. The minimum atomic E-state index is -0.357. The number of carbonyl (C=O) groups is 1. The molecule has 0 heterocycles. The number of carbonyl (C=O) groups excluding carboxylic acids is 1. The molecule has 0 spiro atoms. The van der Waals surface area contributed by atoms with E-state index >= 15 is 0 Å². The fraction of sp³-hybridized carbons (Fsp3) is 0.308. The van der Waals surface area contributed by atoms with E-state index in [2.05, 4.69) is 0 Å². The van der Waals surface area contributed by atoms with E-state index in [1.165, 1.54) is 12.1 Å². The summed E-state index contributed by atoms with van der Waals surface area (Å²) in [6, 6.07) is 4.41. The third-order valence-electron chi connectivity index (χ3n) is 2.33. The second kappa shape index (κ2) is 4.87. The van der Waals surface area contributed by atoms with Gasteiger partial charge >= 0.3 is 0 Å². The van der Waals surface area contributed by atoms with Gasteiger partial charge in [0.15, 0.2) is 5.78 Å². The number of aryl methyl sites for hydroxylation is 1. The minimum Gasteiger partial charge on any atom is -0.289 e. The van der Waals surface area contributed by atoms with Crippen molar-refractivity contribution in [3.63, 3.8) is 0 Å². The van der Waals surface area contributed by atoms with Crippen molar-refractivity contribution in [1.29, 1.82) is 0 Å². The highest BCUT2D eigenvalue weighted by Crippen LogP contribution is 2.14. The lowest BCUT2D eigenvalue weighted by molar-refractivity contribution is 0.103. The van der Waals surface area contributed by atoms with E-state index in [1.807, 2.05) is 13.8 Å². The largest absolute Gasteiger partial charge is 0.289 e. The minimum absolute atomic E-state index is 0.0809. The molecule has 0 aliphatic heterocycles. The Balaban J connectivity index is 3.11. The van der Waals surface area contributed by atoms with Crippen LogP contribution in [0, 0.1) is 12.7 Å². The smallest absolute Gasteiger partial charge is 0.188 e. The van der Waals surface area contributed by atoms with Crippen LogP contribution in [0.5, 0.6) is 0 Å². The van der Waals surface area contributed by atoms with Crippen LogP contribution >= 0.6 is 0 Å². The van der Waals surface area contributed by atoms with Crippen molar-refractivity contribution in [3.8, 4) is 0 Å². The van der Waals surface area contributed by atoms with Crippen LogP contribution in [0.15, 0.2) is 29.8 Å². The van der Waals surface area contributed by atoms with Crippen molar-refractivity contribution in [2.24, 2.45) is 0 Å². The first-order valence-corrected chi connectivity index (χ1v) is 5.05.